The second-order valence-corrected chi connectivity index (χ2v) is 4.02. The molecule has 2 aromatic rings. The third-order valence-electron chi connectivity index (χ3n) is 2.14. The molecule has 0 amide bonds. The molecule has 16 heavy (non-hydrogen) atoms. The highest BCUT2D eigenvalue weighted by Crippen LogP contribution is 2.31. The van der Waals surface area contributed by atoms with Gasteiger partial charge in [-0.2, -0.15) is 0 Å². The van der Waals surface area contributed by atoms with Gasteiger partial charge in [0.25, 0.3) is 0 Å². The predicted molar refractivity (Wildman–Crippen MR) is 63.1 cm³/mol. The minimum atomic E-state index is -1.15. The van der Waals surface area contributed by atoms with Crippen LogP contribution in [0.15, 0.2) is 18.3 Å². The van der Waals surface area contributed by atoms with Gasteiger partial charge in [0.15, 0.2) is 0 Å². The first kappa shape index (κ1) is 11.0. The smallest absolute Gasteiger partial charge is 0.339 e. The molecule has 0 saturated carbocycles. The molecule has 0 atom stereocenters. The number of aromatic carboxylic acids is 1. The maximum Gasteiger partial charge on any atom is 0.339 e. The zero-order valence-electron chi connectivity index (χ0n) is 7.87. The zero-order chi connectivity index (χ0) is 11.9. The van der Waals surface area contributed by atoms with E-state index in [0.29, 0.717) is 16.1 Å². The maximum absolute atomic E-state index is 11.0. The van der Waals surface area contributed by atoms with Crippen molar-refractivity contribution in [3.63, 3.8) is 0 Å². The van der Waals surface area contributed by atoms with Crippen LogP contribution in [0.2, 0.25) is 10.0 Å². The Morgan fingerprint density at radius 3 is 2.69 bits per heavy atom. The molecule has 0 saturated heterocycles. The lowest BCUT2D eigenvalue weighted by Gasteiger charge is -2.07. The van der Waals surface area contributed by atoms with Crippen LogP contribution in [0.25, 0.3) is 10.9 Å². The summed E-state index contributed by atoms with van der Waals surface area (Å²) in [5.41, 5.74) is 6.24. The number of nitrogens with zero attached hydrogens (tertiary/aromatic N) is 1. The highest BCUT2D eigenvalue weighted by molar-refractivity contribution is 6.36. The Morgan fingerprint density at radius 1 is 1.38 bits per heavy atom. The number of carbonyl (C=O) groups is 1. The summed E-state index contributed by atoms with van der Waals surface area (Å²) in [6.45, 7) is 0. The average molecular weight is 257 g/mol. The molecule has 0 spiro atoms. The summed E-state index contributed by atoms with van der Waals surface area (Å²) >= 11 is 11.6. The lowest BCUT2D eigenvalue weighted by molar-refractivity contribution is 0.0699. The number of halogens is 2. The number of nitrogen functional groups attached to an aromatic ring is 1. The third-order valence-corrected chi connectivity index (χ3v) is 2.64. The standard InChI is InChI=1S/C10H6Cl2N2O2/c11-4-1-5-7(13)2-6(12)8(10(15)16)9(5)14-3-4/h1-3H,13H2,(H,15,16). The van der Waals surface area contributed by atoms with Gasteiger partial charge >= 0.3 is 5.97 Å². The number of anilines is 1. The summed E-state index contributed by atoms with van der Waals surface area (Å²) in [6, 6.07) is 2.94. The molecule has 0 fully saturated rings. The molecular formula is C10H6Cl2N2O2. The molecule has 0 radical (unpaired) electrons. The lowest BCUT2D eigenvalue weighted by Crippen LogP contribution is -2.02. The van der Waals surface area contributed by atoms with Crippen LogP contribution in [0.3, 0.4) is 0 Å². The lowest BCUT2D eigenvalue weighted by atomic mass is 10.1. The van der Waals surface area contributed by atoms with Gasteiger partial charge in [0.2, 0.25) is 0 Å². The Labute approximate surface area is 101 Å². The van der Waals surface area contributed by atoms with Crippen LogP contribution in [0, 0.1) is 0 Å². The first-order chi connectivity index (χ1) is 7.50. The van der Waals surface area contributed by atoms with Crippen molar-refractivity contribution in [3.05, 3.63) is 33.9 Å². The van der Waals surface area contributed by atoms with Crippen LogP contribution in [0.4, 0.5) is 5.69 Å². The molecular weight excluding hydrogens is 251 g/mol. The molecule has 82 valence electrons. The van der Waals surface area contributed by atoms with Crippen molar-refractivity contribution in [3.8, 4) is 0 Å². The van der Waals surface area contributed by atoms with Crippen LogP contribution >= 0.6 is 23.2 Å². The van der Waals surface area contributed by atoms with Crippen molar-refractivity contribution in [2.45, 2.75) is 0 Å². The number of hydrogen-bond acceptors (Lipinski definition) is 3. The van der Waals surface area contributed by atoms with E-state index < -0.39 is 5.97 Å². The third kappa shape index (κ3) is 1.66. The summed E-state index contributed by atoms with van der Waals surface area (Å²) < 4.78 is 0. The number of carboxylic acids is 1. The van der Waals surface area contributed by atoms with Crippen LogP contribution in [0.1, 0.15) is 10.4 Å². The molecule has 1 aromatic carbocycles. The number of benzene rings is 1. The molecule has 1 aromatic heterocycles. The van der Waals surface area contributed by atoms with E-state index in [2.05, 4.69) is 4.98 Å². The summed E-state index contributed by atoms with van der Waals surface area (Å²) in [5.74, 6) is -1.15. The van der Waals surface area contributed by atoms with Crippen LogP contribution in [-0.4, -0.2) is 16.1 Å². The van der Waals surface area contributed by atoms with Gasteiger partial charge in [-0.1, -0.05) is 23.2 Å². The fourth-order valence-corrected chi connectivity index (χ4v) is 1.91. The summed E-state index contributed by atoms with van der Waals surface area (Å²) in [7, 11) is 0. The quantitative estimate of drug-likeness (QED) is 0.770. The number of aromatic nitrogens is 1. The van der Waals surface area contributed by atoms with Gasteiger partial charge in [-0.25, -0.2) is 4.79 Å². The Hall–Kier alpha value is -1.52. The van der Waals surface area contributed by atoms with Gasteiger partial charge in [-0.05, 0) is 12.1 Å². The van der Waals surface area contributed by atoms with Crippen LogP contribution < -0.4 is 5.73 Å². The second-order valence-electron chi connectivity index (χ2n) is 3.18. The van der Waals surface area contributed by atoms with Gasteiger partial charge in [0.1, 0.15) is 5.56 Å². The minimum absolute atomic E-state index is 0.0623. The van der Waals surface area contributed by atoms with Crippen molar-refractivity contribution >= 4 is 45.8 Å². The van der Waals surface area contributed by atoms with E-state index in [9.17, 15) is 4.79 Å². The van der Waals surface area contributed by atoms with Crippen molar-refractivity contribution in [1.29, 1.82) is 0 Å². The largest absolute Gasteiger partial charge is 0.478 e. The van der Waals surface area contributed by atoms with E-state index in [4.69, 9.17) is 34.0 Å². The average Bonchev–Trinajstić information content (AvgIpc) is 2.18. The van der Waals surface area contributed by atoms with E-state index >= 15 is 0 Å². The first-order valence-corrected chi connectivity index (χ1v) is 5.03. The molecule has 4 nitrogen and oxygen atoms in total. The molecule has 2 rings (SSSR count). The number of nitrogens with two attached hydrogens (primary N) is 1. The van der Waals surface area contributed by atoms with E-state index in [1.807, 2.05) is 0 Å². The Balaban J connectivity index is 2.95. The van der Waals surface area contributed by atoms with Gasteiger partial charge in [-0.3, -0.25) is 4.98 Å². The Kier molecular flexibility index (Phi) is 2.61. The Morgan fingerprint density at radius 2 is 2.06 bits per heavy atom. The van der Waals surface area contributed by atoms with Crippen molar-refractivity contribution < 1.29 is 9.90 Å². The molecule has 3 N–H and O–H groups in total. The van der Waals surface area contributed by atoms with Crippen molar-refractivity contribution in [2.75, 3.05) is 5.73 Å². The fourth-order valence-electron chi connectivity index (χ4n) is 1.46. The molecule has 6 heteroatoms. The highest BCUT2D eigenvalue weighted by atomic mass is 35.5. The van der Waals surface area contributed by atoms with E-state index in [1.54, 1.807) is 6.07 Å². The first-order valence-electron chi connectivity index (χ1n) is 4.27. The van der Waals surface area contributed by atoms with Crippen LogP contribution in [-0.2, 0) is 0 Å². The normalized spacial score (nSPS) is 10.6. The van der Waals surface area contributed by atoms with E-state index in [-0.39, 0.29) is 16.1 Å². The summed E-state index contributed by atoms with van der Waals surface area (Å²) in [6.07, 6.45) is 1.35. The van der Waals surface area contributed by atoms with E-state index in [0.717, 1.165) is 0 Å². The number of pyridine rings is 1. The number of fused-ring (bicyclic) bond motifs is 1. The number of hydrogen-bond donors (Lipinski definition) is 2. The van der Waals surface area contributed by atoms with E-state index in [1.165, 1.54) is 12.3 Å². The van der Waals surface area contributed by atoms with Gasteiger partial charge in [0.05, 0.1) is 15.6 Å². The molecule has 0 aliphatic heterocycles. The Bertz CT molecular complexity index is 599. The molecule has 0 bridgehead atoms. The zero-order valence-corrected chi connectivity index (χ0v) is 9.38. The monoisotopic (exact) mass is 256 g/mol. The maximum atomic E-state index is 11.0. The topological polar surface area (TPSA) is 76.2 Å². The highest BCUT2D eigenvalue weighted by Gasteiger charge is 2.16. The predicted octanol–water partition coefficient (Wildman–Crippen LogP) is 2.82. The summed E-state index contributed by atoms with van der Waals surface area (Å²) in [4.78, 5) is 15.0. The number of rotatable bonds is 1. The van der Waals surface area contributed by atoms with Crippen molar-refractivity contribution in [1.82, 2.24) is 4.98 Å². The fraction of sp³-hybridized carbons (Fsp3) is 0. The SMILES string of the molecule is Nc1cc(Cl)c(C(=O)O)c2ncc(Cl)cc12. The molecule has 0 aliphatic rings. The van der Waals surface area contributed by atoms with Gasteiger partial charge in [-0.15, -0.1) is 0 Å². The van der Waals surface area contributed by atoms with Crippen molar-refractivity contribution in [2.24, 2.45) is 0 Å². The minimum Gasteiger partial charge on any atom is -0.478 e. The molecule has 0 aliphatic carbocycles. The number of carboxylic acid groups (broad SMARTS) is 1. The second kappa shape index (κ2) is 3.81. The molecule has 0 unspecified atom stereocenters. The molecule has 1 heterocycles. The van der Waals surface area contributed by atoms with Gasteiger partial charge < -0.3 is 10.8 Å². The van der Waals surface area contributed by atoms with Gasteiger partial charge in [0, 0.05) is 17.3 Å². The van der Waals surface area contributed by atoms with Crippen LogP contribution in [0.5, 0.6) is 0 Å². The summed E-state index contributed by atoms with van der Waals surface area (Å²) in [5, 5.41) is 9.96.